The molecule has 1 aromatic carbocycles. The van der Waals surface area contributed by atoms with Gasteiger partial charge in [-0.3, -0.25) is 4.99 Å². The Labute approximate surface area is 170 Å². The van der Waals surface area contributed by atoms with Gasteiger partial charge in [0.05, 0.1) is 19.3 Å². The quantitative estimate of drug-likeness (QED) is 0.333. The maximum absolute atomic E-state index is 5.41. The molecular formula is C19H34IN3O2. The largest absolute Gasteiger partial charge is 0.497 e. The minimum atomic E-state index is -0.251. The van der Waals surface area contributed by atoms with Gasteiger partial charge >= 0.3 is 0 Å². The van der Waals surface area contributed by atoms with E-state index in [1.165, 1.54) is 5.56 Å². The maximum atomic E-state index is 5.41. The Morgan fingerprint density at radius 1 is 1.16 bits per heavy atom. The molecule has 0 bridgehead atoms. The molecule has 144 valence electrons. The highest BCUT2D eigenvalue weighted by molar-refractivity contribution is 14.0. The Hall–Kier alpha value is -1.02. The molecule has 1 rings (SSSR count). The van der Waals surface area contributed by atoms with E-state index in [2.05, 4.69) is 41.6 Å². The molecule has 2 N–H and O–H groups in total. The molecule has 0 radical (unpaired) electrons. The summed E-state index contributed by atoms with van der Waals surface area (Å²) in [6, 6.07) is 8.28. The molecule has 1 atom stereocenters. The molecule has 1 aromatic rings. The Morgan fingerprint density at radius 3 is 2.32 bits per heavy atom. The molecule has 1 unspecified atom stereocenters. The van der Waals surface area contributed by atoms with E-state index in [0.717, 1.165) is 31.2 Å². The first kappa shape index (κ1) is 24.0. The third-order valence-corrected chi connectivity index (χ3v) is 4.07. The lowest BCUT2D eigenvalue weighted by atomic mass is 9.98. The van der Waals surface area contributed by atoms with Crippen LogP contribution in [0.15, 0.2) is 29.3 Å². The van der Waals surface area contributed by atoms with Crippen LogP contribution in [0.2, 0.25) is 0 Å². The standard InChI is InChI=1S/C19H33N3O2.HI/c1-7-20-18(22-14-19(3,4)24-6)21-13-12-15(2)16-8-10-17(23-5)11-9-16;/h8-11,15H,7,12-14H2,1-6H3,(H2,20,21,22);1H. The van der Waals surface area contributed by atoms with E-state index in [0.29, 0.717) is 12.5 Å². The number of guanidine groups is 1. The molecule has 0 amide bonds. The van der Waals surface area contributed by atoms with Crippen molar-refractivity contribution in [1.29, 1.82) is 0 Å². The molecular weight excluding hydrogens is 429 g/mol. The zero-order chi connectivity index (χ0) is 18.0. The van der Waals surface area contributed by atoms with Crippen molar-refractivity contribution in [1.82, 2.24) is 10.6 Å². The van der Waals surface area contributed by atoms with Crippen LogP contribution >= 0.6 is 24.0 Å². The fourth-order valence-corrected chi connectivity index (χ4v) is 2.18. The number of ether oxygens (including phenoxy) is 2. The molecule has 0 saturated carbocycles. The lowest BCUT2D eigenvalue weighted by Crippen LogP contribution is -2.39. The monoisotopic (exact) mass is 463 g/mol. The minimum absolute atomic E-state index is 0. The number of benzene rings is 1. The Bertz CT molecular complexity index is 504. The number of hydrogen-bond donors (Lipinski definition) is 2. The first-order valence-electron chi connectivity index (χ1n) is 8.63. The molecule has 0 aliphatic carbocycles. The predicted molar refractivity (Wildman–Crippen MR) is 117 cm³/mol. The van der Waals surface area contributed by atoms with Crippen LogP contribution in [-0.2, 0) is 4.74 Å². The number of methoxy groups -OCH3 is 2. The second kappa shape index (κ2) is 12.4. The summed E-state index contributed by atoms with van der Waals surface area (Å²) >= 11 is 0. The van der Waals surface area contributed by atoms with E-state index in [-0.39, 0.29) is 29.6 Å². The first-order chi connectivity index (χ1) is 11.4. The summed E-state index contributed by atoms with van der Waals surface area (Å²) in [5.41, 5.74) is 1.07. The summed E-state index contributed by atoms with van der Waals surface area (Å²) in [6.07, 6.45) is 1.03. The molecule has 0 aliphatic heterocycles. The van der Waals surface area contributed by atoms with Crippen LogP contribution in [-0.4, -0.2) is 45.4 Å². The lowest BCUT2D eigenvalue weighted by molar-refractivity contribution is 0.0310. The van der Waals surface area contributed by atoms with Gasteiger partial charge in [0.25, 0.3) is 0 Å². The zero-order valence-corrected chi connectivity index (χ0v) is 18.7. The highest BCUT2D eigenvalue weighted by Crippen LogP contribution is 2.21. The van der Waals surface area contributed by atoms with Crippen LogP contribution in [0.3, 0.4) is 0 Å². The van der Waals surface area contributed by atoms with Gasteiger partial charge in [0.1, 0.15) is 5.75 Å². The van der Waals surface area contributed by atoms with Gasteiger partial charge in [0.2, 0.25) is 0 Å². The third-order valence-electron chi connectivity index (χ3n) is 4.07. The fraction of sp³-hybridized carbons (Fsp3) is 0.632. The zero-order valence-electron chi connectivity index (χ0n) is 16.4. The summed E-state index contributed by atoms with van der Waals surface area (Å²) in [5, 5.41) is 6.67. The van der Waals surface area contributed by atoms with Crippen LogP contribution in [0.1, 0.15) is 45.6 Å². The van der Waals surface area contributed by atoms with Gasteiger partial charge in [-0.25, -0.2) is 0 Å². The van der Waals surface area contributed by atoms with Crippen molar-refractivity contribution in [2.75, 3.05) is 33.9 Å². The second-order valence-corrected chi connectivity index (χ2v) is 6.55. The Morgan fingerprint density at radius 2 is 1.80 bits per heavy atom. The normalized spacial score (nSPS) is 13.0. The lowest BCUT2D eigenvalue weighted by Gasteiger charge is -2.21. The summed E-state index contributed by atoms with van der Waals surface area (Å²) in [4.78, 5) is 4.60. The average Bonchev–Trinajstić information content (AvgIpc) is 2.59. The summed E-state index contributed by atoms with van der Waals surface area (Å²) < 4.78 is 10.6. The highest BCUT2D eigenvalue weighted by atomic mass is 127. The molecule has 0 aromatic heterocycles. The third kappa shape index (κ3) is 9.30. The van der Waals surface area contributed by atoms with E-state index in [1.807, 2.05) is 26.0 Å². The van der Waals surface area contributed by atoms with Gasteiger partial charge in [-0.2, -0.15) is 0 Å². The van der Waals surface area contributed by atoms with Crippen molar-refractivity contribution in [2.24, 2.45) is 4.99 Å². The second-order valence-electron chi connectivity index (χ2n) is 6.55. The van der Waals surface area contributed by atoms with E-state index in [1.54, 1.807) is 14.2 Å². The van der Waals surface area contributed by atoms with Gasteiger partial charge in [0.15, 0.2) is 5.96 Å². The average molecular weight is 463 g/mol. The molecule has 0 fully saturated rings. The van der Waals surface area contributed by atoms with Crippen LogP contribution < -0.4 is 15.4 Å². The van der Waals surface area contributed by atoms with Gasteiger partial charge in [-0.15, -0.1) is 24.0 Å². The molecule has 0 heterocycles. The van der Waals surface area contributed by atoms with Crippen molar-refractivity contribution < 1.29 is 9.47 Å². The van der Waals surface area contributed by atoms with Gasteiger partial charge in [-0.05, 0) is 50.8 Å². The van der Waals surface area contributed by atoms with Crippen LogP contribution in [0, 0.1) is 0 Å². The number of rotatable bonds is 9. The first-order valence-corrected chi connectivity index (χ1v) is 8.63. The number of hydrogen-bond acceptors (Lipinski definition) is 3. The van der Waals surface area contributed by atoms with Crippen molar-refractivity contribution in [3.8, 4) is 5.75 Å². The van der Waals surface area contributed by atoms with Crippen molar-refractivity contribution in [3.05, 3.63) is 29.8 Å². The van der Waals surface area contributed by atoms with Crippen LogP contribution in [0.5, 0.6) is 5.75 Å². The number of nitrogens with one attached hydrogen (secondary N) is 2. The van der Waals surface area contributed by atoms with Crippen LogP contribution in [0.4, 0.5) is 0 Å². The number of aliphatic imine (C=N–C) groups is 1. The number of halogens is 1. The predicted octanol–water partition coefficient (Wildman–Crippen LogP) is 3.79. The summed E-state index contributed by atoms with van der Waals surface area (Å²) in [5.74, 6) is 2.21. The van der Waals surface area contributed by atoms with E-state index in [9.17, 15) is 0 Å². The Balaban J connectivity index is 0.00000576. The Kier molecular flexibility index (Phi) is 11.8. The topological polar surface area (TPSA) is 54.9 Å². The molecule has 5 nitrogen and oxygen atoms in total. The number of nitrogens with zero attached hydrogens (tertiary/aromatic N) is 1. The maximum Gasteiger partial charge on any atom is 0.191 e. The summed E-state index contributed by atoms with van der Waals surface area (Å²) in [6.45, 7) is 10.7. The van der Waals surface area contributed by atoms with Crippen molar-refractivity contribution in [3.63, 3.8) is 0 Å². The SMILES string of the molecule is CCNC(=NCC(C)(C)OC)NCCC(C)c1ccc(OC)cc1.I. The van der Waals surface area contributed by atoms with Gasteiger partial charge in [0, 0.05) is 20.2 Å². The van der Waals surface area contributed by atoms with Gasteiger partial charge in [-0.1, -0.05) is 19.1 Å². The van der Waals surface area contributed by atoms with Crippen molar-refractivity contribution >= 4 is 29.9 Å². The van der Waals surface area contributed by atoms with E-state index < -0.39 is 0 Å². The minimum Gasteiger partial charge on any atom is -0.497 e. The smallest absolute Gasteiger partial charge is 0.191 e. The molecule has 6 heteroatoms. The van der Waals surface area contributed by atoms with Crippen molar-refractivity contribution in [2.45, 2.75) is 45.6 Å². The molecule has 0 saturated heterocycles. The van der Waals surface area contributed by atoms with E-state index >= 15 is 0 Å². The molecule has 0 spiro atoms. The molecule has 25 heavy (non-hydrogen) atoms. The van der Waals surface area contributed by atoms with Gasteiger partial charge < -0.3 is 20.1 Å². The summed E-state index contributed by atoms with van der Waals surface area (Å²) in [7, 11) is 3.40. The molecule has 0 aliphatic rings. The fourth-order valence-electron chi connectivity index (χ4n) is 2.18. The van der Waals surface area contributed by atoms with E-state index in [4.69, 9.17) is 9.47 Å². The van der Waals surface area contributed by atoms with Crippen LogP contribution in [0.25, 0.3) is 0 Å². The highest BCUT2D eigenvalue weighted by Gasteiger charge is 2.15.